The van der Waals surface area contributed by atoms with Crippen molar-refractivity contribution in [2.75, 3.05) is 26.9 Å². The molecule has 0 bridgehead atoms. The van der Waals surface area contributed by atoms with Gasteiger partial charge in [0, 0.05) is 32.0 Å². The molecule has 1 aromatic carbocycles. The highest BCUT2D eigenvalue weighted by molar-refractivity contribution is 5.63. The third-order valence-electron chi connectivity index (χ3n) is 2.49. The van der Waals surface area contributed by atoms with Gasteiger partial charge in [0.2, 0.25) is 0 Å². The molecule has 1 aliphatic rings. The van der Waals surface area contributed by atoms with Crippen LogP contribution in [0.25, 0.3) is 0 Å². The minimum Gasteiger partial charge on any atom is -0.437 e. The van der Waals surface area contributed by atoms with E-state index in [4.69, 9.17) is 9.84 Å². The van der Waals surface area contributed by atoms with Gasteiger partial charge < -0.3 is 19.3 Å². The summed E-state index contributed by atoms with van der Waals surface area (Å²) in [6.07, 6.45) is 3.07. The number of nitro groups is 1. The van der Waals surface area contributed by atoms with Crippen molar-refractivity contribution in [2.24, 2.45) is 0 Å². The summed E-state index contributed by atoms with van der Waals surface area (Å²) in [5.41, 5.74) is -0.0674. The molecule has 8 heteroatoms. The van der Waals surface area contributed by atoms with Gasteiger partial charge >= 0.3 is 6.16 Å². The Bertz CT molecular complexity index is 432. The molecular formula is C15H23NO7. The minimum atomic E-state index is -0.862. The molecule has 0 spiro atoms. The average Bonchev–Trinajstić information content (AvgIpc) is 2.58. The van der Waals surface area contributed by atoms with Crippen molar-refractivity contribution >= 4 is 11.8 Å². The molecule has 0 unspecified atom stereocenters. The smallest absolute Gasteiger partial charge is 0.437 e. The number of rotatable bonds is 2. The fraction of sp³-hybridized carbons (Fsp3) is 0.533. The van der Waals surface area contributed by atoms with Crippen LogP contribution in [0.2, 0.25) is 0 Å². The van der Waals surface area contributed by atoms with Crippen molar-refractivity contribution < 1.29 is 29.0 Å². The zero-order chi connectivity index (χ0) is 17.5. The lowest BCUT2D eigenvalue weighted by atomic mass is 10.2. The van der Waals surface area contributed by atoms with Gasteiger partial charge in [0.25, 0.3) is 5.69 Å². The Morgan fingerprint density at radius 3 is 2.09 bits per heavy atom. The third-order valence-corrected chi connectivity index (χ3v) is 2.49. The maximum absolute atomic E-state index is 10.6. The number of benzene rings is 1. The molecule has 1 N–H and O–H groups in total. The van der Waals surface area contributed by atoms with Gasteiger partial charge in [-0.2, -0.15) is 0 Å². The number of carbonyl (C=O) groups is 1. The molecule has 0 aliphatic carbocycles. The lowest BCUT2D eigenvalue weighted by molar-refractivity contribution is -0.384. The van der Waals surface area contributed by atoms with E-state index in [1.54, 1.807) is 6.92 Å². The number of aliphatic hydroxyl groups is 1. The molecule has 1 aliphatic heterocycles. The van der Waals surface area contributed by atoms with Crippen LogP contribution < -0.4 is 4.74 Å². The van der Waals surface area contributed by atoms with E-state index < -0.39 is 11.1 Å². The van der Waals surface area contributed by atoms with Crippen LogP contribution in [0, 0.1) is 10.1 Å². The van der Waals surface area contributed by atoms with Crippen LogP contribution in [0.1, 0.15) is 26.2 Å². The van der Waals surface area contributed by atoms with Gasteiger partial charge in [-0.1, -0.05) is 0 Å². The van der Waals surface area contributed by atoms with Crippen molar-refractivity contribution in [3.05, 3.63) is 34.4 Å². The Kier molecular flexibility index (Phi) is 12.2. The second-order valence-corrected chi connectivity index (χ2v) is 4.30. The van der Waals surface area contributed by atoms with Crippen molar-refractivity contribution in [1.82, 2.24) is 0 Å². The zero-order valence-electron chi connectivity index (χ0n) is 13.4. The topological polar surface area (TPSA) is 108 Å². The van der Waals surface area contributed by atoms with E-state index in [2.05, 4.69) is 9.47 Å². The molecule has 130 valence electrons. The number of ether oxygens (including phenoxy) is 3. The lowest BCUT2D eigenvalue weighted by Crippen LogP contribution is -2.06. The first kappa shape index (κ1) is 20.8. The highest BCUT2D eigenvalue weighted by Gasteiger charge is 2.07. The zero-order valence-corrected chi connectivity index (χ0v) is 13.4. The van der Waals surface area contributed by atoms with Gasteiger partial charge in [-0.15, -0.1) is 0 Å². The molecule has 1 aromatic rings. The summed E-state index contributed by atoms with van der Waals surface area (Å²) in [5, 5.41) is 17.8. The molecule has 1 saturated heterocycles. The van der Waals surface area contributed by atoms with E-state index in [1.165, 1.54) is 50.6 Å². The van der Waals surface area contributed by atoms with Crippen LogP contribution in [-0.2, 0) is 9.47 Å². The molecule has 23 heavy (non-hydrogen) atoms. The summed E-state index contributed by atoms with van der Waals surface area (Å²) >= 11 is 0. The van der Waals surface area contributed by atoms with Gasteiger partial charge in [0.15, 0.2) is 0 Å². The highest BCUT2D eigenvalue weighted by Crippen LogP contribution is 2.17. The number of nitrogens with zero attached hydrogens (tertiary/aromatic N) is 1. The van der Waals surface area contributed by atoms with Gasteiger partial charge in [-0.05, 0) is 38.3 Å². The number of hydrogen-bond donors (Lipinski definition) is 1. The van der Waals surface area contributed by atoms with Crippen LogP contribution in [0.15, 0.2) is 24.3 Å². The standard InChI is InChI=1S/C8H7NO5.C5H10O.C2H6O/c1-13-8(10)14-7-4-2-6(3-5-7)9(11)12;1-2-4-6-5-3-1;1-2-3/h2-5H,1H3;1-5H2;3H,2H2,1H3. The maximum Gasteiger partial charge on any atom is 0.513 e. The molecule has 0 atom stereocenters. The van der Waals surface area contributed by atoms with Gasteiger partial charge in [0.1, 0.15) is 5.75 Å². The first-order valence-electron chi connectivity index (χ1n) is 7.24. The van der Waals surface area contributed by atoms with E-state index >= 15 is 0 Å². The van der Waals surface area contributed by atoms with Crippen LogP contribution in [0.5, 0.6) is 5.75 Å². The largest absolute Gasteiger partial charge is 0.513 e. The van der Waals surface area contributed by atoms with Crippen LogP contribution in [-0.4, -0.2) is 43.1 Å². The molecule has 1 fully saturated rings. The summed E-state index contributed by atoms with van der Waals surface area (Å²) in [6, 6.07) is 5.10. The molecule has 8 nitrogen and oxygen atoms in total. The molecule has 1 heterocycles. The first-order chi connectivity index (χ1) is 11.0. The molecular weight excluding hydrogens is 306 g/mol. The van der Waals surface area contributed by atoms with Crippen LogP contribution in [0.4, 0.5) is 10.5 Å². The monoisotopic (exact) mass is 329 g/mol. The van der Waals surface area contributed by atoms with E-state index in [0.717, 1.165) is 13.2 Å². The first-order valence-corrected chi connectivity index (χ1v) is 7.24. The minimum absolute atomic E-state index is 0.0674. The second kappa shape index (κ2) is 13.5. The van der Waals surface area contributed by atoms with Gasteiger partial charge in [-0.25, -0.2) is 4.79 Å². The van der Waals surface area contributed by atoms with E-state index in [9.17, 15) is 14.9 Å². The van der Waals surface area contributed by atoms with Gasteiger partial charge in [0.05, 0.1) is 12.0 Å². The van der Waals surface area contributed by atoms with E-state index in [0.29, 0.717) is 0 Å². The second-order valence-electron chi connectivity index (χ2n) is 4.30. The highest BCUT2D eigenvalue weighted by atomic mass is 16.7. The van der Waals surface area contributed by atoms with Gasteiger partial charge in [-0.3, -0.25) is 10.1 Å². The number of carbonyl (C=O) groups excluding carboxylic acids is 1. The number of non-ortho nitro benzene ring substituents is 1. The number of hydrogen-bond acceptors (Lipinski definition) is 7. The van der Waals surface area contributed by atoms with Crippen molar-refractivity contribution in [2.45, 2.75) is 26.2 Å². The third kappa shape index (κ3) is 11.1. The predicted molar refractivity (Wildman–Crippen MR) is 83.6 cm³/mol. The van der Waals surface area contributed by atoms with Crippen LogP contribution in [0.3, 0.4) is 0 Å². The Balaban J connectivity index is 0.000000442. The Hall–Kier alpha value is -2.19. The SMILES string of the molecule is C1CCOCC1.CCO.COC(=O)Oc1ccc([N+](=O)[O-])cc1. The molecule has 0 amide bonds. The van der Waals surface area contributed by atoms with Crippen LogP contribution >= 0.6 is 0 Å². The van der Waals surface area contributed by atoms with Crippen molar-refractivity contribution in [3.63, 3.8) is 0 Å². The summed E-state index contributed by atoms with van der Waals surface area (Å²) in [4.78, 5) is 20.3. The van der Waals surface area contributed by atoms with E-state index in [1.807, 2.05) is 0 Å². The fourth-order valence-electron chi connectivity index (χ4n) is 1.46. The fourth-order valence-corrected chi connectivity index (χ4v) is 1.46. The summed E-state index contributed by atoms with van der Waals surface area (Å²) in [6.45, 7) is 3.93. The predicted octanol–water partition coefficient (Wildman–Crippen LogP) is 2.93. The lowest BCUT2D eigenvalue weighted by Gasteiger charge is -2.08. The number of nitro benzene ring substituents is 1. The van der Waals surface area contributed by atoms with Crippen molar-refractivity contribution in [1.29, 1.82) is 0 Å². The molecule has 0 radical (unpaired) electrons. The maximum atomic E-state index is 10.6. The quantitative estimate of drug-likeness (QED) is 0.384. The summed E-state index contributed by atoms with van der Waals surface area (Å²) < 4.78 is 13.9. The molecule has 0 saturated carbocycles. The average molecular weight is 329 g/mol. The summed E-state index contributed by atoms with van der Waals surface area (Å²) in [7, 11) is 1.17. The Morgan fingerprint density at radius 2 is 1.78 bits per heavy atom. The molecule has 0 aromatic heterocycles. The molecule has 2 rings (SSSR count). The normalized spacial score (nSPS) is 12.7. The number of aliphatic hydroxyl groups excluding tert-OH is 1. The summed E-state index contributed by atoms with van der Waals surface area (Å²) in [5.74, 6) is 0.197. The van der Waals surface area contributed by atoms with Crippen molar-refractivity contribution in [3.8, 4) is 5.75 Å². The number of methoxy groups -OCH3 is 1. The Morgan fingerprint density at radius 1 is 1.26 bits per heavy atom. The van der Waals surface area contributed by atoms with E-state index in [-0.39, 0.29) is 18.0 Å². The Labute approximate surface area is 135 Å².